The second kappa shape index (κ2) is 22.6. The third-order valence-corrected chi connectivity index (χ3v) is 10.8. The molecule has 25 heavy (non-hydrogen) atoms. The molecule has 0 aromatic carbocycles. The first-order chi connectivity index (χ1) is 12.3. The van der Waals surface area contributed by atoms with E-state index in [-0.39, 0.29) is 13.9 Å². The first kappa shape index (κ1) is 25.5. The summed E-state index contributed by atoms with van der Waals surface area (Å²) in [5.74, 6) is 0. The molecule has 153 valence electrons. The van der Waals surface area contributed by atoms with Crippen LogP contribution in [0.2, 0.25) is 16.0 Å². The number of rotatable bonds is 21. The van der Waals surface area contributed by atoms with Gasteiger partial charge in [-0.1, -0.05) is 0 Å². The fourth-order valence-electron chi connectivity index (χ4n) is 3.57. The average Bonchev–Trinajstić information content (AvgIpc) is 2.63. The van der Waals surface area contributed by atoms with Crippen molar-refractivity contribution < 1.29 is 0 Å². The fraction of sp³-hybridized carbons (Fsp3) is 1.00. The van der Waals surface area contributed by atoms with Gasteiger partial charge in [0.15, 0.2) is 0 Å². The van der Waals surface area contributed by atoms with E-state index in [9.17, 15) is 0 Å². The van der Waals surface area contributed by atoms with Crippen molar-refractivity contribution in [2.24, 2.45) is 0 Å². The van der Waals surface area contributed by atoms with Crippen molar-refractivity contribution in [1.82, 2.24) is 0 Å². The Morgan fingerprint density at radius 1 is 0.320 bits per heavy atom. The van der Waals surface area contributed by atoms with Crippen LogP contribution < -0.4 is 0 Å². The van der Waals surface area contributed by atoms with Crippen LogP contribution >= 0.6 is 0 Å². The maximum atomic E-state index is 2.32. The van der Waals surface area contributed by atoms with E-state index in [0.29, 0.717) is 0 Å². The summed E-state index contributed by atoms with van der Waals surface area (Å²) >= 11 is -0.265. The molecule has 0 bridgehead atoms. The monoisotopic (exact) mass is 419 g/mol. The number of hydrogen-bond donors (Lipinski definition) is 0. The van der Waals surface area contributed by atoms with Crippen LogP contribution in [0, 0.1) is 0 Å². The average molecular weight is 419 g/mol. The van der Waals surface area contributed by atoms with E-state index in [2.05, 4.69) is 20.8 Å². The minimum absolute atomic E-state index is 0.265. The van der Waals surface area contributed by atoms with Crippen LogP contribution in [-0.2, 0) is 0 Å². The van der Waals surface area contributed by atoms with E-state index >= 15 is 0 Å². The summed E-state index contributed by atoms with van der Waals surface area (Å²) in [5, 5.41) is 4.95. The first-order valence-corrected chi connectivity index (χ1v) is 15.6. The molecule has 0 saturated carbocycles. The van der Waals surface area contributed by atoms with Gasteiger partial charge >= 0.3 is 166 Å². The Bertz CT molecular complexity index is 188. The van der Waals surface area contributed by atoms with Gasteiger partial charge in [0.1, 0.15) is 0 Å². The molecule has 1 radical (unpaired) electrons. The minimum atomic E-state index is -0.265. The second-order valence-corrected chi connectivity index (χ2v) is 13.2. The second-order valence-electron chi connectivity index (χ2n) is 8.03. The molecule has 1 heteroatoms. The van der Waals surface area contributed by atoms with Crippen LogP contribution in [0.3, 0.4) is 0 Å². The molecule has 0 fully saturated rings. The van der Waals surface area contributed by atoms with Gasteiger partial charge < -0.3 is 0 Å². The van der Waals surface area contributed by atoms with Crippen LogP contribution in [0.1, 0.15) is 136 Å². The Labute approximate surface area is 166 Å². The molecule has 0 spiro atoms. The van der Waals surface area contributed by atoms with E-state index < -0.39 is 0 Å². The van der Waals surface area contributed by atoms with Crippen molar-refractivity contribution in [2.45, 2.75) is 152 Å². The SMILES string of the molecule is CCCCCCCC[Se](CCCCCCCC)CCCCCCCC. The Hall–Kier alpha value is 0.519. The van der Waals surface area contributed by atoms with Crippen molar-refractivity contribution >= 4 is 13.9 Å². The molecule has 0 nitrogen and oxygen atoms in total. The molecule has 0 unspecified atom stereocenters. The molecule has 0 aromatic rings. The zero-order chi connectivity index (χ0) is 18.4. The Morgan fingerprint density at radius 3 is 0.840 bits per heavy atom. The van der Waals surface area contributed by atoms with Crippen LogP contribution in [0.4, 0.5) is 0 Å². The number of hydrogen-bond acceptors (Lipinski definition) is 0. The maximum absolute atomic E-state index is 2.32. The van der Waals surface area contributed by atoms with Crippen molar-refractivity contribution in [2.75, 3.05) is 0 Å². The van der Waals surface area contributed by atoms with Crippen LogP contribution in [0.15, 0.2) is 0 Å². The molecule has 0 saturated heterocycles. The molecule has 0 aliphatic carbocycles. The molecular formula is C24H51Se. The molecule has 0 aliphatic rings. The zero-order valence-electron chi connectivity index (χ0n) is 18.3. The summed E-state index contributed by atoms with van der Waals surface area (Å²) in [7, 11) is 0. The van der Waals surface area contributed by atoms with Crippen LogP contribution in [-0.4, -0.2) is 13.9 Å². The third-order valence-electron chi connectivity index (χ3n) is 5.36. The van der Waals surface area contributed by atoms with Gasteiger partial charge in [0.25, 0.3) is 0 Å². The van der Waals surface area contributed by atoms with Crippen molar-refractivity contribution in [3.05, 3.63) is 0 Å². The summed E-state index contributed by atoms with van der Waals surface area (Å²) in [6.07, 6.45) is 26.7. The fourth-order valence-corrected chi connectivity index (χ4v) is 8.70. The molecule has 0 aliphatic heterocycles. The van der Waals surface area contributed by atoms with E-state index in [1.54, 1.807) is 35.2 Å². The van der Waals surface area contributed by atoms with E-state index in [4.69, 9.17) is 0 Å². The molecular weight excluding hydrogens is 367 g/mol. The summed E-state index contributed by atoms with van der Waals surface area (Å²) in [6.45, 7) is 6.97. The molecule has 0 N–H and O–H groups in total. The summed E-state index contributed by atoms with van der Waals surface area (Å²) in [4.78, 5) is 0. The van der Waals surface area contributed by atoms with Gasteiger partial charge in [0, 0.05) is 0 Å². The number of unbranched alkanes of at least 4 members (excludes halogenated alkanes) is 15. The Morgan fingerprint density at radius 2 is 0.560 bits per heavy atom. The van der Waals surface area contributed by atoms with Gasteiger partial charge in [0.2, 0.25) is 0 Å². The van der Waals surface area contributed by atoms with Gasteiger partial charge in [-0.15, -0.1) is 0 Å². The molecule has 0 heterocycles. The standard InChI is InChI=1S/C24H51Se/c1-4-7-10-13-16-19-22-25(23-20-17-14-11-8-5-2)24-21-18-15-12-9-6-3/h4-24H2,1-3H3. The predicted octanol–water partition coefficient (Wildman–Crippen LogP) is 9.56. The van der Waals surface area contributed by atoms with Crippen molar-refractivity contribution in [3.63, 3.8) is 0 Å². The first-order valence-electron chi connectivity index (χ1n) is 12.0. The Balaban J connectivity index is 3.76. The van der Waals surface area contributed by atoms with Gasteiger partial charge in [-0.25, -0.2) is 0 Å². The molecule has 0 aromatic heterocycles. The quantitative estimate of drug-likeness (QED) is 0.129. The summed E-state index contributed by atoms with van der Waals surface area (Å²) in [6, 6.07) is 0. The van der Waals surface area contributed by atoms with Gasteiger partial charge in [-0.3, -0.25) is 0 Å². The summed E-state index contributed by atoms with van der Waals surface area (Å²) < 4.78 is 0. The van der Waals surface area contributed by atoms with E-state index in [1.807, 2.05) is 0 Å². The predicted molar refractivity (Wildman–Crippen MR) is 120 cm³/mol. The zero-order valence-corrected chi connectivity index (χ0v) is 20.0. The van der Waals surface area contributed by atoms with Gasteiger partial charge in [-0.05, 0) is 0 Å². The molecule has 0 rings (SSSR count). The van der Waals surface area contributed by atoms with Crippen LogP contribution in [0.25, 0.3) is 0 Å². The molecule has 0 atom stereocenters. The van der Waals surface area contributed by atoms with Gasteiger partial charge in [-0.2, -0.15) is 0 Å². The van der Waals surface area contributed by atoms with Crippen LogP contribution in [0.5, 0.6) is 0 Å². The Kier molecular flexibility index (Phi) is 23.0. The van der Waals surface area contributed by atoms with Crippen molar-refractivity contribution in [1.29, 1.82) is 0 Å². The normalized spacial score (nSPS) is 11.5. The van der Waals surface area contributed by atoms with Crippen molar-refractivity contribution in [3.8, 4) is 0 Å². The summed E-state index contributed by atoms with van der Waals surface area (Å²) in [5.41, 5.74) is 0. The topological polar surface area (TPSA) is 0 Å². The van der Waals surface area contributed by atoms with E-state index in [0.717, 1.165) is 0 Å². The van der Waals surface area contributed by atoms with Gasteiger partial charge in [0.05, 0.1) is 0 Å². The third kappa shape index (κ3) is 20.7. The molecule has 0 amide bonds. The van der Waals surface area contributed by atoms with E-state index in [1.165, 1.54) is 96.3 Å².